The summed E-state index contributed by atoms with van der Waals surface area (Å²) in [6.07, 6.45) is 2.17. The Kier molecular flexibility index (Phi) is 1.67. The van der Waals surface area contributed by atoms with Gasteiger partial charge in [0.2, 0.25) is 0 Å². The lowest BCUT2D eigenvalue weighted by Crippen LogP contribution is -2.51. The Labute approximate surface area is 75.2 Å². The molecule has 12 heavy (non-hydrogen) atoms. The number of aliphatic hydroxyl groups is 1. The van der Waals surface area contributed by atoms with Crippen LogP contribution in [-0.2, 0) is 4.79 Å². The number of rotatable bonds is 1. The molecule has 0 radical (unpaired) electrons. The summed E-state index contributed by atoms with van der Waals surface area (Å²) in [7, 11) is 0. The fourth-order valence-electron chi connectivity index (χ4n) is 1.91. The van der Waals surface area contributed by atoms with Gasteiger partial charge in [0.15, 0.2) is 5.60 Å². The molecular weight excluding hydrogens is 176 g/mol. The van der Waals surface area contributed by atoms with Crippen LogP contribution in [0.3, 0.4) is 0 Å². The lowest BCUT2D eigenvalue weighted by Gasteiger charge is -2.36. The molecule has 1 aliphatic carbocycles. The third-order valence-corrected chi connectivity index (χ3v) is 4.32. The van der Waals surface area contributed by atoms with Crippen molar-refractivity contribution in [1.29, 1.82) is 0 Å². The zero-order valence-electron chi connectivity index (χ0n) is 6.75. The van der Waals surface area contributed by atoms with E-state index in [0.717, 1.165) is 24.3 Å². The summed E-state index contributed by atoms with van der Waals surface area (Å²) in [6, 6.07) is 0. The molecule has 1 atom stereocenters. The molecule has 3 nitrogen and oxygen atoms in total. The van der Waals surface area contributed by atoms with E-state index in [1.165, 1.54) is 0 Å². The third kappa shape index (κ3) is 0.910. The molecule has 2 aliphatic rings. The van der Waals surface area contributed by atoms with Crippen LogP contribution in [-0.4, -0.2) is 33.3 Å². The van der Waals surface area contributed by atoms with E-state index in [9.17, 15) is 9.90 Å². The van der Waals surface area contributed by atoms with Crippen molar-refractivity contribution in [3.63, 3.8) is 0 Å². The predicted octanol–water partition coefficient (Wildman–Crippen LogP) is 0.719. The van der Waals surface area contributed by atoms with Crippen LogP contribution in [0.1, 0.15) is 19.3 Å². The van der Waals surface area contributed by atoms with Crippen molar-refractivity contribution < 1.29 is 15.0 Å². The van der Waals surface area contributed by atoms with E-state index in [1.54, 1.807) is 11.8 Å². The zero-order valence-corrected chi connectivity index (χ0v) is 7.56. The molecule has 0 bridgehead atoms. The minimum Gasteiger partial charge on any atom is -0.479 e. The fraction of sp³-hybridized carbons (Fsp3) is 0.875. The standard InChI is InChI=1S/C8H12O3S/c9-6(10)8(11)3-4-12-5-7(8)1-2-7/h11H,1-5H2,(H,9,10). The zero-order chi connectivity index (χ0) is 8.82. The second-order valence-electron chi connectivity index (χ2n) is 3.75. The van der Waals surface area contributed by atoms with Crippen molar-refractivity contribution in [1.82, 2.24) is 0 Å². The molecule has 1 spiro atoms. The first-order chi connectivity index (χ1) is 5.61. The maximum Gasteiger partial charge on any atom is 0.336 e. The molecule has 4 heteroatoms. The van der Waals surface area contributed by atoms with E-state index in [-0.39, 0.29) is 5.41 Å². The summed E-state index contributed by atoms with van der Waals surface area (Å²) in [5.74, 6) is 0.556. The summed E-state index contributed by atoms with van der Waals surface area (Å²) in [5, 5.41) is 18.8. The van der Waals surface area contributed by atoms with Crippen LogP contribution in [0.15, 0.2) is 0 Å². The first-order valence-electron chi connectivity index (χ1n) is 4.14. The normalized spacial score (nSPS) is 38.1. The number of thioether (sulfide) groups is 1. The largest absolute Gasteiger partial charge is 0.479 e. The van der Waals surface area contributed by atoms with Crippen molar-refractivity contribution in [2.75, 3.05) is 11.5 Å². The van der Waals surface area contributed by atoms with Crippen LogP contribution in [0, 0.1) is 5.41 Å². The Bertz CT molecular complexity index is 224. The molecule has 0 aromatic rings. The van der Waals surface area contributed by atoms with Gasteiger partial charge in [-0.25, -0.2) is 4.79 Å². The van der Waals surface area contributed by atoms with Gasteiger partial charge in [-0.1, -0.05) is 0 Å². The summed E-state index contributed by atoms with van der Waals surface area (Å²) in [5.41, 5.74) is -1.69. The number of carboxylic acids is 1. The average Bonchev–Trinajstić information content (AvgIpc) is 2.77. The monoisotopic (exact) mass is 188 g/mol. The third-order valence-electron chi connectivity index (χ3n) is 3.07. The molecular formula is C8H12O3S. The molecule has 2 N–H and O–H groups in total. The molecule has 2 rings (SSSR count). The van der Waals surface area contributed by atoms with E-state index in [2.05, 4.69) is 0 Å². The smallest absolute Gasteiger partial charge is 0.336 e. The van der Waals surface area contributed by atoms with Crippen LogP contribution in [0.5, 0.6) is 0 Å². The lowest BCUT2D eigenvalue weighted by molar-refractivity contribution is -0.166. The molecule has 68 valence electrons. The molecule has 1 unspecified atom stereocenters. The van der Waals surface area contributed by atoms with Gasteiger partial charge in [0.05, 0.1) is 0 Å². The molecule has 0 aromatic heterocycles. The van der Waals surface area contributed by atoms with Crippen LogP contribution in [0.2, 0.25) is 0 Å². The fourth-order valence-corrected chi connectivity index (χ4v) is 3.42. The number of carbonyl (C=O) groups is 1. The quantitative estimate of drug-likeness (QED) is 0.636. The van der Waals surface area contributed by atoms with Gasteiger partial charge in [-0.05, 0) is 25.0 Å². The first-order valence-corrected chi connectivity index (χ1v) is 5.30. The SMILES string of the molecule is O=C(O)C1(O)CCSCC12CC2. The topological polar surface area (TPSA) is 57.5 Å². The summed E-state index contributed by atoms with van der Waals surface area (Å²) >= 11 is 1.76. The van der Waals surface area contributed by atoms with Gasteiger partial charge < -0.3 is 10.2 Å². The molecule has 1 heterocycles. The van der Waals surface area contributed by atoms with E-state index in [4.69, 9.17) is 5.11 Å². The van der Waals surface area contributed by atoms with E-state index < -0.39 is 11.6 Å². The maximum absolute atomic E-state index is 10.9. The number of hydrogen-bond donors (Lipinski definition) is 2. The van der Waals surface area contributed by atoms with Crippen LogP contribution < -0.4 is 0 Å². The number of hydrogen-bond acceptors (Lipinski definition) is 3. The van der Waals surface area contributed by atoms with Gasteiger partial charge in [-0.2, -0.15) is 11.8 Å². The van der Waals surface area contributed by atoms with Crippen molar-refractivity contribution in [3.05, 3.63) is 0 Å². The molecule has 1 saturated heterocycles. The minimum absolute atomic E-state index is 0.276. The van der Waals surface area contributed by atoms with Crippen LogP contribution in [0.4, 0.5) is 0 Å². The van der Waals surface area contributed by atoms with Gasteiger partial charge in [-0.3, -0.25) is 0 Å². The maximum atomic E-state index is 10.9. The second kappa shape index (κ2) is 2.39. The Morgan fingerprint density at radius 1 is 1.33 bits per heavy atom. The molecule has 2 fully saturated rings. The van der Waals surface area contributed by atoms with Crippen molar-refractivity contribution in [2.24, 2.45) is 5.41 Å². The second-order valence-corrected chi connectivity index (χ2v) is 4.85. The first kappa shape index (κ1) is 8.38. The summed E-state index contributed by atoms with van der Waals surface area (Å²) in [4.78, 5) is 10.9. The minimum atomic E-state index is -1.42. The van der Waals surface area contributed by atoms with Crippen LogP contribution in [0.25, 0.3) is 0 Å². The highest BCUT2D eigenvalue weighted by Gasteiger charge is 2.63. The Morgan fingerprint density at radius 2 is 2.00 bits per heavy atom. The van der Waals surface area contributed by atoms with E-state index in [1.807, 2.05) is 0 Å². The van der Waals surface area contributed by atoms with Crippen molar-refractivity contribution >= 4 is 17.7 Å². The summed E-state index contributed by atoms with van der Waals surface area (Å²) < 4.78 is 0. The molecule has 0 amide bonds. The van der Waals surface area contributed by atoms with Gasteiger partial charge in [-0.15, -0.1) is 0 Å². The highest BCUT2D eigenvalue weighted by molar-refractivity contribution is 7.99. The van der Waals surface area contributed by atoms with Gasteiger partial charge in [0.1, 0.15) is 0 Å². The molecule has 1 saturated carbocycles. The average molecular weight is 188 g/mol. The van der Waals surface area contributed by atoms with Crippen molar-refractivity contribution in [3.8, 4) is 0 Å². The van der Waals surface area contributed by atoms with Gasteiger partial charge in [0.25, 0.3) is 0 Å². The Balaban J connectivity index is 2.26. The van der Waals surface area contributed by atoms with Crippen molar-refractivity contribution in [2.45, 2.75) is 24.9 Å². The van der Waals surface area contributed by atoms with E-state index >= 15 is 0 Å². The number of carboxylic acid groups (broad SMARTS) is 1. The highest BCUT2D eigenvalue weighted by atomic mass is 32.2. The number of aliphatic carboxylic acids is 1. The Hall–Kier alpha value is -0.220. The molecule has 1 aliphatic heterocycles. The molecule has 0 aromatic carbocycles. The summed E-state index contributed by atoms with van der Waals surface area (Å²) in [6.45, 7) is 0. The lowest BCUT2D eigenvalue weighted by atomic mass is 9.83. The predicted molar refractivity (Wildman–Crippen MR) is 46.2 cm³/mol. The Morgan fingerprint density at radius 3 is 2.42 bits per heavy atom. The van der Waals surface area contributed by atoms with E-state index in [0.29, 0.717) is 6.42 Å². The van der Waals surface area contributed by atoms with Gasteiger partial charge >= 0.3 is 5.97 Å². The van der Waals surface area contributed by atoms with Crippen LogP contribution >= 0.6 is 11.8 Å². The van der Waals surface area contributed by atoms with Gasteiger partial charge in [0, 0.05) is 11.2 Å². The highest BCUT2D eigenvalue weighted by Crippen LogP contribution is 2.59.